The van der Waals surface area contributed by atoms with E-state index in [9.17, 15) is 27.9 Å². The summed E-state index contributed by atoms with van der Waals surface area (Å²) in [5.74, 6) is -2.20. The number of aliphatic hydroxyl groups is 1. The first kappa shape index (κ1) is 29.5. The average Bonchev–Trinajstić information content (AvgIpc) is 2.79. The lowest BCUT2D eigenvalue weighted by atomic mass is 10.0. The largest absolute Gasteiger partial charge is 0.381 e. The number of amides is 3. The minimum Gasteiger partial charge on any atom is -0.381 e. The number of nitrogens with zero attached hydrogens (tertiary/aromatic N) is 1. The zero-order valence-corrected chi connectivity index (χ0v) is 21.4. The molecule has 34 heavy (non-hydrogen) atoms. The van der Waals surface area contributed by atoms with Crippen molar-refractivity contribution in [2.45, 2.75) is 57.8 Å². The minimum atomic E-state index is -3.45. The summed E-state index contributed by atoms with van der Waals surface area (Å²) in [7, 11) is -1.82. The van der Waals surface area contributed by atoms with E-state index in [-0.39, 0.29) is 18.3 Å². The molecule has 11 heteroatoms. The molecule has 1 rings (SSSR count). The fourth-order valence-corrected chi connectivity index (χ4v) is 4.36. The van der Waals surface area contributed by atoms with Crippen molar-refractivity contribution in [3.63, 3.8) is 0 Å². The Hall–Kier alpha value is -2.50. The van der Waals surface area contributed by atoms with Crippen LogP contribution in [0.2, 0.25) is 0 Å². The lowest BCUT2D eigenvalue weighted by molar-refractivity contribution is -0.135. The molecular weight excluding hydrogens is 460 g/mol. The highest BCUT2D eigenvalue weighted by Gasteiger charge is 2.32. The fraction of sp³-hybridized carbons (Fsp3) is 0.609. The van der Waals surface area contributed by atoms with E-state index in [0.29, 0.717) is 19.4 Å². The lowest BCUT2D eigenvalue weighted by Gasteiger charge is -2.29. The smallest absolute Gasteiger partial charge is 0.251 e. The van der Waals surface area contributed by atoms with Crippen LogP contribution in [-0.2, 0) is 24.2 Å². The summed E-state index contributed by atoms with van der Waals surface area (Å²) in [6.07, 6.45) is 0.296. The molecular formula is C23H38N4O6S. The van der Waals surface area contributed by atoms with Crippen LogP contribution in [0.25, 0.3) is 0 Å². The van der Waals surface area contributed by atoms with Crippen molar-refractivity contribution in [2.24, 2.45) is 0 Å². The molecule has 1 aromatic rings. The van der Waals surface area contributed by atoms with E-state index in [2.05, 4.69) is 16.0 Å². The summed E-state index contributed by atoms with van der Waals surface area (Å²) in [4.78, 5) is 39.1. The zero-order valence-electron chi connectivity index (χ0n) is 20.6. The highest BCUT2D eigenvalue weighted by molar-refractivity contribution is 7.90. The third kappa shape index (κ3) is 10.2. The molecule has 0 aliphatic rings. The van der Waals surface area contributed by atoms with Crippen molar-refractivity contribution in [2.75, 3.05) is 32.1 Å². The summed E-state index contributed by atoms with van der Waals surface area (Å²) >= 11 is 0. The molecule has 10 nitrogen and oxygen atoms in total. The Balaban J connectivity index is 2.74. The maximum absolute atomic E-state index is 12.8. The predicted molar refractivity (Wildman–Crippen MR) is 131 cm³/mol. The normalized spacial score (nSPS) is 15.1. The summed E-state index contributed by atoms with van der Waals surface area (Å²) in [6, 6.07) is 7.18. The Kier molecular flexibility index (Phi) is 12.2. The third-order valence-electron chi connectivity index (χ3n) is 5.47. The predicted octanol–water partition coefficient (Wildman–Crippen LogP) is -0.00930. The van der Waals surface area contributed by atoms with Crippen LogP contribution in [-0.4, -0.2) is 86.5 Å². The number of hydrogen-bond donors (Lipinski definition) is 4. The molecule has 4 unspecified atom stereocenters. The Morgan fingerprint density at radius 1 is 1.06 bits per heavy atom. The molecule has 0 aromatic heterocycles. The quantitative estimate of drug-likeness (QED) is 0.282. The van der Waals surface area contributed by atoms with Gasteiger partial charge in [0.25, 0.3) is 5.91 Å². The van der Waals surface area contributed by atoms with Gasteiger partial charge in [0.1, 0.15) is 15.9 Å². The molecule has 0 saturated carbocycles. The maximum atomic E-state index is 12.8. The number of carbonyl (C=O) groups is 3. The van der Waals surface area contributed by atoms with Gasteiger partial charge in [-0.3, -0.25) is 19.3 Å². The van der Waals surface area contributed by atoms with Crippen LogP contribution in [0.3, 0.4) is 0 Å². The number of hydrogen-bond acceptors (Lipinski definition) is 7. The molecule has 0 spiro atoms. The first-order chi connectivity index (χ1) is 15.9. The van der Waals surface area contributed by atoms with Gasteiger partial charge < -0.3 is 21.1 Å². The number of sulfone groups is 1. The Morgan fingerprint density at radius 3 is 2.21 bits per heavy atom. The third-order valence-corrected chi connectivity index (χ3v) is 6.39. The SMILES string of the molecule is CCCC(NC(=O)C(CS(C)(=O)=O)N(C)CC)C(O)C(=O)NCC(=O)NC(C)c1ccccc1. The monoisotopic (exact) mass is 498 g/mol. The van der Waals surface area contributed by atoms with Crippen LogP contribution >= 0.6 is 0 Å². The van der Waals surface area contributed by atoms with Crippen LogP contribution in [0.5, 0.6) is 0 Å². The molecule has 0 fully saturated rings. The van der Waals surface area contributed by atoms with E-state index >= 15 is 0 Å². The second-order valence-corrected chi connectivity index (χ2v) is 10.6. The van der Waals surface area contributed by atoms with E-state index in [1.165, 1.54) is 0 Å². The van der Waals surface area contributed by atoms with Crippen molar-refractivity contribution in [1.82, 2.24) is 20.9 Å². The topological polar surface area (TPSA) is 145 Å². The van der Waals surface area contributed by atoms with Crippen molar-refractivity contribution < 1.29 is 27.9 Å². The number of benzene rings is 1. The molecule has 0 bridgehead atoms. The number of aliphatic hydroxyl groups excluding tert-OH is 1. The molecule has 0 heterocycles. The van der Waals surface area contributed by atoms with Crippen molar-refractivity contribution in [3.8, 4) is 0 Å². The van der Waals surface area contributed by atoms with E-state index in [1.807, 2.05) is 44.2 Å². The second kappa shape index (κ2) is 14.0. The molecule has 0 aliphatic heterocycles. The van der Waals surface area contributed by atoms with Gasteiger partial charge >= 0.3 is 0 Å². The number of carbonyl (C=O) groups excluding carboxylic acids is 3. The van der Waals surface area contributed by atoms with E-state index in [1.54, 1.807) is 18.9 Å². The molecule has 0 saturated heterocycles. The Labute approximate surface area is 202 Å². The van der Waals surface area contributed by atoms with Crippen LogP contribution < -0.4 is 16.0 Å². The Bertz CT molecular complexity index is 909. The van der Waals surface area contributed by atoms with Gasteiger partial charge in [0.05, 0.1) is 24.4 Å². The van der Waals surface area contributed by atoms with Crippen LogP contribution in [0.1, 0.15) is 45.2 Å². The number of nitrogens with one attached hydrogen (secondary N) is 3. The Morgan fingerprint density at radius 2 is 1.68 bits per heavy atom. The first-order valence-corrected chi connectivity index (χ1v) is 13.4. The van der Waals surface area contributed by atoms with Gasteiger partial charge in [-0.25, -0.2) is 8.42 Å². The standard InChI is InChI=1S/C23H38N4O6S/c1-6-11-18(26-22(30)19(27(4)7-2)15-34(5,32)33)21(29)23(31)24-14-20(28)25-16(3)17-12-9-8-10-13-17/h8-10,12-13,16,18-19,21,29H,6-7,11,14-15H2,1-5H3,(H,24,31)(H,25,28)(H,26,30). The van der Waals surface area contributed by atoms with Crippen molar-refractivity contribution >= 4 is 27.6 Å². The van der Waals surface area contributed by atoms with Gasteiger partial charge in [0.15, 0.2) is 6.10 Å². The number of likely N-dealkylation sites (N-methyl/N-ethyl adjacent to an activating group) is 1. The summed E-state index contributed by atoms with van der Waals surface area (Å²) in [6.45, 7) is 5.53. The summed E-state index contributed by atoms with van der Waals surface area (Å²) in [5.41, 5.74) is 0.911. The molecule has 4 atom stereocenters. The number of rotatable bonds is 14. The highest BCUT2D eigenvalue weighted by Crippen LogP contribution is 2.11. The van der Waals surface area contributed by atoms with Gasteiger partial charge in [0.2, 0.25) is 11.8 Å². The molecule has 1 aromatic carbocycles. The van der Waals surface area contributed by atoms with E-state index < -0.39 is 45.7 Å². The molecule has 192 valence electrons. The molecule has 0 radical (unpaired) electrons. The van der Waals surface area contributed by atoms with E-state index in [4.69, 9.17) is 0 Å². The molecule has 0 aliphatic carbocycles. The summed E-state index contributed by atoms with van der Waals surface area (Å²) in [5, 5.41) is 18.3. The lowest BCUT2D eigenvalue weighted by Crippen LogP contribution is -2.56. The molecule has 4 N–H and O–H groups in total. The van der Waals surface area contributed by atoms with Crippen molar-refractivity contribution in [1.29, 1.82) is 0 Å². The maximum Gasteiger partial charge on any atom is 0.251 e. The average molecular weight is 499 g/mol. The molecule has 3 amide bonds. The van der Waals surface area contributed by atoms with E-state index in [0.717, 1.165) is 11.8 Å². The van der Waals surface area contributed by atoms with Gasteiger partial charge in [-0.2, -0.15) is 0 Å². The van der Waals surface area contributed by atoms with Crippen LogP contribution in [0.4, 0.5) is 0 Å². The highest BCUT2D eigenvalue weighted by atomic mass is 32.2. The second-order valence-electron chi connectivity index (χ2n) is 8.45. The minimum absolute atomic E-state index is 0.259. The van der Waals surface area contributed by atoms with Gasteiger partial charge in [-0.1, -0.05) is 50.6 Å². The van der Waals surface area contributed by atoms with Gasteiger partial charge in [-0.05, 0) is 32.5 Å². The van der Waals surface area contributed by atoms with Crippen LogP contribution in [0, 0.1) is 0 Å². The fourth-order valence-electron chi connectivity index (χ4n) is 3.38. The van der Waals surface area contributed by atoms with Gasteiger partial charge in [0, 0.05) is 6.26 Å². The van der Waals surface area contributed by atoms with Gasteiger partial charge in [-0.15, -0.1) is 0 Å². The first-order valence-electron chi connectivity index (χ1n) is 11.4. The summed E-state index contributed by atoms with van der Waals surface area (Å²) < 4.78 is 23.6. The van der Waals surface area contributed by atoms with Crippen molar-refractivity contribution in [3.05, 3.63) is 35.9 Å². The van der Waals surface area contributed by atoms with Crippen LogP contribution in [0.15, 0.2) is 30.3 Å². The zero-order chi connectivity index (χ0) is 25.9.